The number of aliphatic hydroxyl groups is 1. The van der Waals surface area contributed by atoms with Crippen molar-refractivity contribution >= 4 is 11.6 Å². The van der Waals surface area contributed by atoms with Crippen LogP contribution in [0.5, 0.6) is 0 Å². The zero-order chi connectivity index (χ0) is 17.0. The van der Waals surface area contributed by atoms with Crippen molar-refractivity contribution in [1.82, 2.24) is 0 Å². The molecule has 126 valence electrons. The van der Waals surface area contributed by atoms with Crippen LogP contribution in [0, 0.1) is 11.3 Å². The minimum Gasteiger partial charge on any atom is -0.362 e. The third kappa shape index (κ3) is 2.43. The Morgan fingerprint density at radius 1 is 1.26 bits per heavy atom. The van der Waals surface area contributed by atoms with E-state index in [1.807, 2.05) is 13.8 Å². The molecule has 1 fully saturated rings. The Balaban J connectivity index is 2.16. The summed E-state index contributed by atoms with van der Waals surface area (Å²) in [5.74, 6) is -1.99. The van der Waals surface area contributed by atoms with Gasteiger partial charge in [0.05, 0.1) is 5.57 Å². The maximum absolute atomic E-state index is 13.1. The third-order valence-electron chi connectivity index (χ3n) is 6.20. The molecule has 0 aromatic heterocycles. The molecule has 3 aliphatic heterocycles. The van der Waals surface area contributed by atoms with E-state index in [9.17, 15) is 14.7 Å². The lowest BCUT2D eigenvalue weighted by Crippen LogP contribution is -2.60. The second-order valence-electron chi connectivity index (χ2n) is 7.98. The molecule has 4 bridgehead atoms. The topological polar surface area (TPSA) is 63.6 Å². The molecule has 0 aromatic rings. The van der Waals surface area contributed by atoms with Gasteiger partial charge >= 0.3 is 0 Å². The average Bonchev–Trinajstić information content (AvgIpc) is 2.45. The summed E-state index contributed by atoms with van der Waals surface area (Å²) >= 11 is 0. The van der Waals surface area contributed by atoms with Crippen molar-refractivity contribution in [2.75, 3.05) is 0 Å². The van der Waals surface area contributed by atoms with E-state index < -0.39 is 16.8 Å². The van der Waals surface area contributed by atoms with E-state index in [0.717, 1.165) is 19.3 Å². The summed E-state index contributed by atoms with van der Waals surface area (Å²) in [6.07, 6.45) is 6.67. The fraction of sp³-hybridized carbons (Fsp3) is 0.684. The zero-order valence-corrected chi connectivity index (χ0v) is 14.4. The van der Waals surface area contributed by atoms with E-state index >= 15 is 0 Å². The van der Waals surface area contributed by atoms with Gasteiger partial charge in [-0.1, -0.05) is 25.5 Å². The predicted molar refractivity (Wildman–Crippen MR) is 86.6 cm³/mol. The van der Waals surface area contributed by atoms with Gasteiger partial charge in [0.1, 0.15) is 5.60 Å². The summed E-state index contributed by atoms with van der Waals surface area (Å²) < 4.78 is 5.91. The highest BCUT2D eigenvalue weighted by atomic mass is 16.6. The van der Waals surface area contributed by atoms with Crippen molar-refractivity contribution in [1.29, 1.82) is 0 Å². The van der Waals surface area contributed by atoms with Crippen LogP contribution in [0.4, 0.5) is 0 Å². The number of ketones is 2. The van der Waals surface area contributed by atoms with Crippen LogP contribution in [0.15, 0.2) is 23.3 Å². The maximum Gasteiger partial charge on any atom is 0.197 e. The molecule has 5 rings (SSSR count). The van der Waals surface area contributed by atoms with Crippen LogP contribution < -0.4 is 0 Å². The number of hydrogen-bond acceptors (Lipinski definition) is 4. The van der Waals surface area contributed by atoms with Gasteiger partial charge in [-0.25, -0.2) is 0 Å². The van der Waals surface area contributed by atoms with E-state index in [-0.39, 0.29) is 23.1 Å². The van der Waals surface area contributed by atoms with Crippen molar-refractivity contribution in [3.8, 4) is 0 Å². The summed E-state index contributed by atoms with van der Waals surface area (Å²) in [5.41, 5.74) is -0.234. The number of fused-ring (bicyclic) bond motifs is 2. The first-order valence-electron chi connectivity index (χ1n) is 8.50. The highest BCUT2D eigenvalue weighted by Gasteiger charge is 2.59. The first kappa shape index (κ1) is 16.6. The predicted octanol–water partition coefficient (Wildman–Crippen LogP) is 3.09. The van der Waals surface area contributed by atoms with Gasteiger partial charge in [-0.2, -0.15) is 0 Å². The van der Waals surface area contributed by atoms with E-state index in [0.29, 0.717) is 12.8 Å². The highest BCUT2D eigenvalue weighted by molar-refractivity contribution is 6.10. The summed E-state index contributed by atoms with van der Waals surface area (Å²) in [5, 5.41) is 11.0. The molecule has 4 nitrogen and oxygen atoms in total. The molecular weight excluding hydrogens is 292 g/mol. The Bertz CT molecular complexity index is 631. The van der Waals surface area contributed by atoms with Crippen LogP contribution >= 0.6 is 0 Å². The molecular formula is C19H26O4. The van der Waals surface area contributed by atoms with Gasteiger partial charge in [-0.3, -0.25) is 9.59 Å². The molecule has 4 heteroatoms. The standard InChI is InChI=1S/C19H26O4/c1-12-6-5-8-18(4)15(20)10-14-16(21)17(3,9-7-12)13(2)11-19(14,22)23-18/h6,10,13,22H,5,7-9,11H2,1-4H3/b12-6-/t13-,17+,18+,19-/m1/s1. The van der Waals surface area contributed by atoms with E-state index in [2.05, 4.69) is 13.0 Å². The van der Waals surface area contributed by atoms with Crippen molar-refractivity contribution in [2.24, 2.45) is 11.3 Å². The Morgan fingerprint density at radius 3 is 2.65 bits per heavy atom. The minimum absolute atomic E-state index is 0.0122. The van der Waals surface area contributed by atoms with Gasteiger partial charge in [0.2, 0.25) is 0 Å². The molecule has 0 spiro atoms. The van der Waals surface area contributed by atoms with Crippen molar-refractivity contribution in [3.63, 3.8) is 0 Å². The molecule has 23 heavy (non-hydrogen) atoms. The Kier molecular flexibility index (Phi) is 3.69. The number of carbonyl (C=O) groups excluding carboxylic acids is 2. The number of Topliss-reactive ketones (excluding diaryl/α,β-unsaturated/α-hetero) is 1. The van der Waals surface area contributed by atoms with Crippen molar-refractivity contribution in [3.05, 3.63) is 23.3 Å². The van der Waals surface area contributed by atoms with Crippen LogP contribution in [-0.4, -0.2) is 28.1 Å². The summed E-state index contributed by atoms with van der Waals surface area (Å²) in [6, 6.07) is 0. The smallest absolute Gasteiger partial charge is 0.197 e. The van der Waals surface area contributed by atoms with Crippen LogP contribution in [0.2, 0.25) is 0 Å². The minimum atomic E-state index is -1.63. The normalized spacial score (nSPS) is 46.7. The number of allylic oxidation sites excluding steroid dienone is 2. The fourth-order valence-corrected chi connectivity index (χ4v) is 4.13. The molecule has 1 N–H and O–H groups in total. The van der Waals surface area contributed by atoms with Crippen LogP contribution in [0.1, 0.15) is 59.8 Å². The fourth-order valence-electron chi connectivity index (χ4n) is 4.13. The van der Waals surface area contributed by atoms with Crippen molar-refractivity contribution < 1.29 is 19.4 Å². The summed E-state index contributed by atoms with van der Waals surface area (Å²) in [6.45, 7) is 7.75. The van der Waals surface area contributed by atoms with Gasteiger partial charge in [-0.15, -0.1) is 0 Å². The average molecular weight is 318 g/mol. The lowest BCUT2D eigenvalue weighted by atomic mass is 9.60. The molecule has 4 atom stereocenters. The van der Waals surface area contributed by atoms with Crippen LogP contribution in [0.25, 0.3) is 0 Å². The SMILES string of the molecule is C/C1=C/CC[C@]2(C)O[C@]3(O)C[C@@H](C)[C@](C)(CC1)C(=O)C3=CC2=O. The molecule has 2 aliphatic carbocycles. The second kappa shape index (κ2) is 5.12. The second-order valence-corrected chi connectivity index (χ2v) is 7.98. The molecule has 1 saturated carbocycles. The number of hydrogen-bond donors (Lipinski definition) is 1. The molecule has 0 saturated heterocycles. The Morgan fingerprint density at radius 2 is 1.96 bits per heavy atom. The monoisotopic (exact) mass is 318 g/mol. The van der Waals surface area contributed by atoms with Gasteiger partial charge in [0.15, 0.2) is 17.4 Å². The lowest BCUT2D eigenvalue weighted by Gasteiger charge is -2.51. The Hall–Kier alpha value is -1.26. The number of rotatable bonds is 0. The van der Waals surface area contributed by atoms with Gasteiger partial charge in [-0.05, 0) is 51.5 Å². The molecule has 0 radical (unpaired) electrons. The van der Waals surface area contributed by atoms with Crippen LogP contribution in [0.3, 0.4) is 0 Å². The Labute approximate surface area is 137 Å². The lowest BCUT2D eigenvalue weighted by molar-refractivity contribution is -0.256. The molecule has 3 heterocycles. The number of carbonyl (C=O) groups is 2. The molecule has 0 unspecified atom stereocenters. The van der Waals surface area contributed by atoms with Gasteiger partial charge in [0, 0.05) is 11.8 Å². The summed E-state index contributed by atoms with van der Waals surface area (Å²) in [7, 11) is 0. The first-order chi connectivity index (χ1) is 10.6. The largest absolute Gasteiger partial charge is 0.362 e. The van der Waals surface area contributed by atoms with Gasteiger partial charge < -0.3 is 9.84 Å². The van der Waals surface area contributed by atoms with Crippen molar-refractivity contribution in [2.45, 2.75) is 71.2 Å². The number of ether oxygens (including phenoxy) is 1. The molecule has 0 aromatic carbocycles. The third-order valence-corrected chi connectivity index (χ3v) is 6.20. The first-order valence-corrected chi connectivity index (χ1v) is 8.50. The highest BCUT2D eigenvalue weighted by Crippen LogP contribution is 2.52. The quantitative estimate of drug-likeness (QED) is 0.697. The maximum atomic E-state index is 13.1. The zero-order valence-electron chi connectivity index (χ0n) is 14.4. The van der Waals surface area contributed by atoms with E-state index in [4.69, 9.17) is 4.74 Å². The molecule has 5 aliphatic rings. The van der Waals surface area contributed by atoms with Gasteiger partial charge in [0.25, 0.3) is 0 Å². The van der Waals surface area contributed by atoms with E-state index in [1.165, 1.54) is 11.6 Å². The van der Waals surface area contributed by atoms with E-state index in [1.54, 1.807) is 6.92 Å². The molecule has 0 amide bonds. The van der Waals surface area contributed by atoms with Crippen LogP contribution in [-0.2, 0) is 14.3 Å². The summed E-state index contributed by atoms with van der Waals surface area (Å²) in [4.78, 5) is 25.7.